The average molecular weight is 472 g/mol. The first-order valence-electron chi connectivity index (χ1n) is 11.2. The number of carboxylic acid groups (broad SMARTS) is 1. The SMILES string of the molecule is C=CCOC(=O)c1ccccc1C[C@@H](NC(=O)OCC1c2ccccc2-c2ccccc21)C(=O)O. The fourth-order valence-corrected chi connectivity index (χ4v) is 4.31. The highest BCUT2D eigenvalue weighted by atomic mass is 16.5. The summed E-state index contributed by atoms with van der Waals surface area (Å²) in [7, 11) is 0. The van der Waals surface area contributed by atoms with E-state index in [9.17, 15) is 19.5 Å². The Morgan fingerprint density at radius 1 is 0.914 bits per heavy atom. The third-order valence-corrected chi connectivity index (χ3v) is 5.93. The monoisotopic (exact) mass is 471 g/mol. The van der Waals surface area contributed by atoms with Crippen LogP contribution in [0.4, 0.5) is 4.79 Å². The zero-order valence-electron chi connectivity index (χ0n) is 19.0. The summed E-state index contributed by atoms with van der Waals surface area (Å²) in [6.07, 6.45) is 0.490. The summed E-state index contributed by atoms with van der Waals surface area (Å²) in [4.78, 5) is 36.8. The maximum atomic E-state index is 12.6. The number of esters is 1. The molecule has 0 unspecified atom stereocenters. The molecule has 0 aliphatic heterocycles. The van der Waals surface area contributed by atoms with Crippen molar-refractivity contribution in [2.24, 2.45) is 0 Å². The zero-order valence-corrected chi connectivity index (χ0v) is 19.0. The molecule has 1 aliphatic carbocycles. The van der Waals surface area contributed by atoms with E-state index in [1.165, 1.54) is 6.08 Å². The number of amides is 1. The lowest BCUT2D eigenvalue weighted by Gasteiger charge is -2.18. The lowest BCUT2D eigenvalue weighted by atomic mass is 9.98. The van der Waals surface area contributed by atoms with Gasteiger partial charge in [-0.25, -0.2) is 14.4 Å². The molecule has 0 radical (unpaired) electrons. The first-order valence-corrected chi connectivity index (χ1v) is 11.2. The van der Waals surface area contributed by atoms with E-state index in [1.807, 2.05) is 48.5 Å². The summed E-state index contributed by atoms with van der Waals surface area (Å²) < 4.78 is 10.6. The van der Waals surface area contributed by atoms with E-state index >= 15 is 0 Å². The smallest absolute Gasteiger partial charge is 0.407 e. The van der Waals surface area contributed by atoms with Crippen molar-refractivity contribution in [3.05, 3.63) is 108 Å². The number of fused-ring (bicyclic) bond motifs is 3. The van der Waals surface area contributed by atoms with Crippen LogP contribution < -0.4 is 5.32 Å². The van der Waals surface area contributed by atoms with Gasteiger partial charge in [0.05, 0.1) is 5.56 Å². The van der Waals surface area contributed by atoms with Crippen molar-refractivity contribution in [1.82, 2.24) is 5.32 Å². The largest absolute Gasteiger partial charge is 0.480 e. The van der Waals surface area contributed by atoms with Crippen LogP contribution in [-0.2, 0) is 20.7 Å². The van der Waals surface area contributed by atoms with Crippen LogP contribution in [0.3, 0.4) is 0 Å². The summed E-state index contributed by atoms with van der Waals surface area (Å²) in [6, 6.07) is 21.1. The average Bonchev–Trinajstić information content (AvgIpc) is 3.19. The van der Waals surface area contributed by atoms with E-state index in [4.69, 9.17) is 9.47 Å². The van der Waals surface area contributed by atoms with Gasteiger partial charge in [0.1, 0.15) is 19.3 Å². The van der Waals surface area contributed by atoms with Gasteiger partial charge >= 0.3 is 18.0 Å². The van der Waals surface area contributed by atoms with Crippen molar-refractivity contribution in [3.8, 4) is 11.1 Å². The van der Waals surface area contributed by atoms with Gasteiger partial charge in [0.2, 0.25) is 0 Å². The molecule has 1 aliphatic rings. The van der Waals surface area contributed by atoms with E-state index in [0.717, 1.165) is 22.3 Å². The molecule has 1 amide bonds. The maximum Gasteiger partial charge on any atom is 0.407 e. The Morgan fingerprint density at radius 2 is 1.51 bits per heavy atom. The summed E-state index contributed by atoms with van der Waals surface area (Å²) >= 11 is 0. The minimum Gasteiger partial charge on any atom is -0.480 e. The second kappa shape index (κ2) is 10.7. The topological polar surface area (TPSA) is 102 Å². The fourth-order valence-electron chi connectivity index (χ4n) is 4.31. The Labute approximate surface area is 203 Å². The molecule has 7 nitrogen and oxygen atoms in total. The highest BCUT2D eigenvalue weighted by molar-refractivity contribution is 5.91. The van der Waals surface area contributed by atoms with Crippen LogP contribution in [0.5, 0.6) is 0 Å². The zero-order chi connectivity index (χ0) is 24.8. The molecule has 2 N–H and O–H groups in total. The normalized spacial score (nSPS) is 12.7. The number of carbonyl (C=O) groups is 3. The van der Waals surface area contributed by atoms with Gasteiger partial charge in [-0.2, -0.15) is 0 Å². The van der Waals surface area contributed by atoms with Gasteiger partial charge in [0.15, 0.2) is 0 Å². The molecular formula is C28H25NO6. The number of ether oxygens (including phenoxy) is 2. The van der Waals surface area contributed by atoms with Crippen molar-refractivity contribution in [2.75, 3.05) is 13.2 Å². The van der Waals surface area contributed by atoms with Crippen molar-refractivity contribution in [3.63, 3.8) is 0 Å². The van der Waals surface area contributed by atoms with Crippen molar-refractivity contribution >= 4 is 18.0 Å². The molecule has 0 heterocycles. The number of hydrogen-bond acceptors (Lipinski definition) is 5. The van der Waals surface area contributed by atoms with Crippen LogP contribution in [0.2, 0.25) is 0 Å². The number of aliphatic carboxylic acids is 1. The molecule has 1 atom stereocenters. The van der Waals surface area contributed by atoms with Crippen LogP contribution in [0, 0.1) is 0 Å². The van der Waals surface area contributed by atoms with Gasteiger partial charge in [-0.3, -0.25) is 0 Å². The molecule has 0 saturated heterocycles. The van der Waals surface area contributed by atoms with E-state index < -0.39 is 24.1 Å². The first-order chi connectivity index (χ1) is 17.0. The van der Waals surface area contributed by atoms with Crippen molar-refractivity contribution in [2.45, 2.75) is 18.4 Å². The molecule has 0 aromatic heterocycles. The molecule has 0 spiro atoms. The second-order valence-electron chi connectivity index (χ2n) is 8.11. The second-order valence-corrected chi connectivity index (χ2v) is 8.11. The highest BCUT2D eigenvalue weighted by Gasteiger charge is 2.30. The fraction of sp³-hybridized carbons (Fsp3) is 0.179. The predicted octanol–water partition coefficient (Wildman–Crippen LogP) is 4.56. The molecule has 0 saturated carbocycles. The molecule has 4 rings (SSSR count). The van der Waals surface area contributed by atoms with Crippen molar-refractivity contribution < 1.29 is 29.0 Å². The van der Waals surface area contributed by atoms with Crippen LogP contribution in [-0.4, -0.2) is 42.4 Å². The Morgan fingerprint density at radius 3 is 2.14 bits per heavy atom. The third kappa shape index (κ3) is 5.24. The van der Waals surface area contributed by atoms with Gasteiger partial charge in [-0.05, 0) is 33.9 Å². The van der Waals surface area contributed by atoms with E-state index in [1.54, 1.807) is 24.3 Å². The molecule has 7 heteroatoms. The number of rotatable bonds is 9. The van der Waals surface area contributed by atoms with Crippen LogP contribution in [0.25, 0.3) is 11.1 Å². The summed E-state index contributed by atoms with van der Waals surface area (Å²) in [5.74, 6) is -1.98. The molecule has 0 fully saturated rings. The number of benzene rings is 3. The van der Waals surface area contributed by atoms with Gasteiger partial charge in [0.25, 0.3) is 0 Å². The van der Waals surface area contributed by atoms with E-state index in [-0.39, 0.29) is 31.1 Å². The summed E-state index contributed by atoms with van der Waals surface area (Å²) in [5, 5.41) is 12.1. The lowest BCUT2D eigenvalue weighted by Crippen LogP contribution is -2.43. The molecule has 3 aromatic carbocycles. The van der Waals surface area contributed by atoms with Gasteiger partial charge in [-0.1, -0.05) is 79.4 Å². The number of carboxylic acids is 1. The Hall–Kier alpha value is -4.39. The summed E-state index contributed by atoms with van der Waals surface area (Å²) in [5.41, 5.74) is 4.98. The number of carbonyl (C=O) groups excluding carboxylic acids is 2. The van der Waals surface area contributed by atoms with Crippen LogP contribution in [0.1, 0.15) is 33.0 Å². The van der Waals surface area contributed by atoms with E-state index in [2.05, 4.69) is 11.9 Å². The number of hydrogen-bond donors (Lipinski definition) is 2. The molecule has 3 aromatic rings. The van der Waals surface area contributed by atoms with Gasteiger partial charge in [-0.15, -0.1) is 0 Å². The van der Waals surface area contributed by atoms with Gasteiger partial charge < -0.3 is 19.9 Å². The maximum absolute atomic E-state index is 12.6. The van der Waals surface area contributed by atoms with Crippen LogP contribution in [0.15, 0.2) is 85.5 Å². The Balaban J connectivity index is 1.44. The van der Waals surface area contributed by atoms with E-state index in [0.29, 0.717) is 5.56 Å². The number of alkyl carbamates (subject to hydrolysis) is 1. The third-order valence-electron chi connectivity index (χ3n) is 5.93. The predicted molar refractivity (Wildman–Crippen MR) is 130 cm³/mol. The van der Waals surface area contributed by atoms with Gasteiger partial charge in [0, 0.05) is 12.3 Å². The Kier molecular flexibility index (Phi) is 7.26. The molecular weight excluding hydrogens is 446 g/mol. The highest BCUT2D eigenvalue weighted by Crippen LogP contribution is 2.44. The Bertz CT molecular complexity index is 1220. The standard InChI is InChI=1S/C28H25NO6/c1-2-15-34-27(32)19-10-4-3-9-18(19)16-25(26(30)31)29-28(33)35-17-24-22-13-7-5-11-20(22)21-12-6-8-14-23(21)24/h2-14,24-25H,1,15-17H2,(H,29,33)(H,30,31)/t25-/m1/s1. The minimum atomic E-state index is -1.29. The lowest BCUT2D eigenvalue weighted by molar-refractivity contribution is -0.139. The van der Waals surface area contributed by atoms with Crippen LogP contribution >= 0.6 is 0 Å². The first kappa shape index (κ1) is 23.8. The quantitative estimate of drug-likeness (QED) is 0.350. The molecule has 178 valence electrons. The summed E-state index contributed by atoms with van der Waals surface area (Å²) in [6.45, 7) is 3.61. The molecule has 35 heavy (non-hydrogen) atoms. The molecule has 0 bridgehead atoms. The van der Waals surface area contributed by atoms with Crippen molar-refractivity contribution in [1.29, 1.82) is 0 Å². The minimum absolute atomic E-state index is 0.0352. The number of nitrogens with one attached hydrogen (secondary N) is 1.